The van der Waals surface area contributed by atoms with Crippen LogP contribution in [0.5, 0.6) is 17.2 Å². The summed E-state index contributed by atoms with van der Waals surface area (Å²) < 4.78 is 23.8. The molecule has 0 aliphatic carbocycles. The number of ether oxygens (including phenoxy) is 3. The highest BCUT2D eigenvalue weighted by molar-refractivity contribution is 7.07. The molecule has 1 aliphatic heterocycles. The number of hydrogen-bond donors (Lipinski definition) is 0. The van der Waals surface area contributed by atoms with E-state index in [0.717, 1.165) is 5.56 Å². The van der Waals surface area contributed by atoms with E-state index in [-0.39, 0.29) is 29.2 Å². The molecule has 0 fully saturated rings. The topological polar surface area (TPSA) is 109 Å². The van der Waals surface area contributed by atoms with Gasteiger partial charge in [0.25, 0.3) is 5.56 Å². The molecule has 0 spiro atoms. The van der Waals surface area contributed by atoms with E-state index in [2.05, 4.69) is 11.6 Å². The summed E-state index contributed by atoms with van der Waals surface area (Å²) in [5.74, 6) is 0.382. The van der Waals surface area contributed by atoms with Crippen LogP contribution in [0.25, 0.3) is 6.08 Å². The van der Waals surface area contributed by atoms with Gasteiger partial charge in [0.05, 0.1) is 28.1 Å². The quantitative estimate of drug-likeness (QED) is 0.121. The Labute approximate surface area is 261 Å². The number of rotatable bonds is 9. The number of carbonyl (C=O) groups is 2. The standard InChI is InChI=1S/C35H26N2O7S/c1-3-18-42-34(40)30-22(2)36-35-37(31(30)24-14-16-26(17-15-24)44-33(39)28-13-8-19-41-28)32(38)29(45-35)21-23-9-7-12-27(20-23)43-25-10-5-4-6-11-25/h3-17,19-21,31H,1,18H2,2H3/b29-21+. The monoisotopic (exact) mass is 618 g/mol. The fraction of sp³-hybridized carbons (Fsp3) is 0.0857. The van der Waals surface area contributed by atoms with E-state index >= 15 is 0 Å². The highest BCUT2D eigenvalue weighted by atomic mass is 32.1. The molecule has 5 aromatic rings. The van der Waals surface area contributed by atoms with Gasteiger partial charge in [-0.2, -0.15) is 0 Å². The summed E-state index contributed by atoms with van der Waals surface area (Å²) >= 11 is 1.22. The fourth-order valence-electron chi connectivity index (χ4n) is 4.82. The van der Waals surface area contributed by atoms with Gasteiger partial charge in [-0.1, -0.05) is 66.5 Å². The first-order valence-corrected chi connectivity index (χ1v) is 14.7. The molecule has 10 heteroatoms. The maximum Gasteiger partial charge on any atom is 0.379 e. The number of furan rings is 1. The summed E-state index contributed by atoms with van der Waals surface area (Å²) in [6.07, 6.45) is 4.62. The number of hydrogen-bond acceptors (Lipinski definition) is 9. The number of esters is 2. The van der Waals surface area contributed by atoms with E-state index < -0.39 is 18.0 Å². The van der Waals surface area contributed by atoms with Gasteiger partial charge in [-0.3, -0.25) is 9.36 Å². The Hall–Kier alpha value is -5.74. The molecule has 3 heterocycles. The first-order valence-electron chi connectivity index (χ1n) is 13.9. The summed E-state index contributed by atoms with van der Waals surface area (Å²) in [7, 11) is 0. The van der Waals surface area contributed by atoms with Crippen molar-refractivity contribution in [1.82, 2.24) is 4.57 Å². The third kappa shape index (κ3) is 6.31. The van der Waals surface area contributed by atoms with Crippen molar-refractivity contribution in [1.29, 1.82) is 0 Å². The molecule has 6 rings (SSSR count). The Kier molecular flexibility index (Phi) is 8.39. The molecule has 0 saturated heterocycles. The minimum Gasteiger partial charge on any atom is -0.458 e. The molecule has 1 aliphatic rings. The van der Waals surface area contributed by atoms with Crippen molar-refractivity contribution in [3.63, 3.8) is 0 Å². The number of para-hydroxylation sites is 1. The molecule has 1 atom stereocenters. The predicted molar refractivity (Wildman–Crippen MR) is 168 cm³/mol. The second kappa shape index (κ2) is 12.9. The number of fused-ring (bicyclic) bond motifs is 1. The van der Waals surface area contributed by atoms with Crippen LogP contribution in [-0.2, 0) is 9.53 Å². The zero-order valence-corrected chi connectivity index (χ0v) is 24.9. The Morgan fingerprint density at radius 2 is 1.73 bits per heavy atom. The normalized spacial score (nSPS) is 14.3. The minimum absolute atomic E-state index is 0.00415. The second-order valence-corrected chi connectivity index (χ2v) is 10.9. The van der Waals surface area contributed by atoms with Gasteiger partial charge >= 0.3 is 11.9 Å². The molecule has 2 aromatic heterocycles. The summed E-state index contributed by atoms with van der Waals surface area (Å²) in [6.45, 7) is 5.32. The highest BCUT2D eigenvalue weighted by Crippen LogP contribution is 2.32. The summed E-state index contributed by atoms with van der Waals surface area (Å²) in [5.41, 5.74) is 1.67. The van der Waals surface area contributed by atoms with E-state index in [1.807, 2.05) is 54.6 Å². The molecule has 9 nitrogen and oxygen atoms in total. The van der Waals surface area contributed by atoms with Crippen molar-refractivity contribution < 1.29 is 28.2 Å². The SMILES string of the molecule is C=CCOC(=O)C1=C(C)N=c2s/c(=C/c3cccc(Oc4ccccc4)c3)c(=O)n2C1c1ccc(OC(=O)c2ccco2)cc1. The average Bonchev–Trinajstić information content (AvgIpc) is 3.69. The van der Waals surface area contributed by atoms with Crippen molar-refractivity contribution in [3.05, 3.63) is 158 Å². The molecular formula is C35H26N2O7S. The molecule has 224 valence electrons. The number of nitrogens with zero attached hydrogens (tertiary/aromatic N) is 2. The minimum atomic E-state index is -0.844. The van der Waals surface area contributed by atoms with E-state index in [9.17, 15) is 14.4 Å². The Morgan fingerprint density at radius 1 is 0.956 bits per heavy atom. The molecule has 0 radical (unpaired) electrons. The number of carbonyl (C=O) groups excluding carboxylic acids is 2. The van der Waals surface area contributed by atoms with E-state index in [4.69, 9.17) is 18.6 Å². The number of allylic oxidation sites excluding steroid dienone is 1. The molecule has 0 bridgehead atoms. The van der Waals surface area contributed by atoms with Crippen LogP contribution in [0.4, 0.5) is 0 Å². The number of thiazole rings is 1. The highest BCUT2D eigenvalue weighted by Gasteiger charge is 2.33. The second-order valence-electron chi connectivity index (χ2n) is 9.89. The molecule has 45 heavy (non-hydrogen) atoms. The summed E-state index contributed by atoms with van der Waals surface area (Å²) in [4.78, 5) is 44.7. The largest absolute Gasteiger partial charge is 0.458 e. The number of aromatic nitrogens is 1. The molecule has 0 N–H and O–H groups in total. The Bertz CT molecular complexity index is 2090. The maximum absolute atomic E-state index is 14.0. The van der Waals surface area contributed by atoms with Gasteiger partial charge in [0.1, 0.15) is 23.9 Å². The van der Waals surface area contributed by atoms with Crippen LogP contribution in [0, 0.1) is 0 Å². The van der Waals surface area contributed by atoms with Crippen LogP contribution in [0.15, 0.2) is 135 Å². The van der Waals surface area contributed by atoms with Gasteiger partial charge in [0.2, 0.25) is 5.76 Å². The van der Waals surface area contributed by atoms with Gasteiger partial charge in [-0.25, -0.2) is 14.6 Å². The van der Waals surface area contributed by atoms with Crippen molar-refractivity contribution in [2.24, 2.45) is 4.99 Å². The predicted octanol–water partition coefficient (Wildman–Crippen LogP) is 5.57. The third-order valence-corrected chi connectivity index (χ3v) is 7.82. The van der Waals surface area contributed by atoms with E-state index in [0.29, 0.717) is 32.1 Å². The molecule has 0 amide bonds. The van der Waals surface area contributed by atoms with Crippen LogP contribution in [0.2, 0.25) is 0 Å². The van der Waals surface area contributed by atoms with Crippen LogP contribution >= 0.6 is 11.3 Å². The smallest absolute Gasteiger partial charge is 0.379 e. The number of benzene rings is 3. The lowest BCUT2D eigenvalue weighted by Gasteiger charge is -2.24. The van der Waals surface area contributed by atoms with Gasteiger partial charge < -0.3 is 18.6 Å². The van der Waals surface area contributed by atoms with Crippen LogP contribution in [0.1, 0.15) is 34.6 Å². The van der Waals surface area contributed by atoms with Crippen molar-refractivity contribution >= 4 is 29.4 Å². The van der Waals surface area contributed by atoms with E-state index in [1.54, 1.807) is 43.3 Å². The third-order valence-electron chi connectivity index (χ3n) is 6.84. The first kappa shape index (κ1) is 29.3. The first-order chi connectivity index (χ1) is 21.9. The van der Waals surface area contributed by atoms with Crippen LogP contribution in [0.3, 0.4) is 0 Å². The van der Waals surface area contributed by atoms with Crippen molar-refractivity contribution in [2.75, 3.05) is 6.61 Å². The summed E-state index contributed by atoms with van der Waals surface area (Å²) in [6, 6.07) is 25.6. The molecule has 0 saturated carbocycles. The Morgan fingerprint density at radius 3 is 2.47 bits per heavy atom. The van der Waals surface area contributed by atoms with Gasteiger partial charge in [-0.15, -0.1) is 0 Å². The average molecular weight is 619 g/mol. The van der Waals surface area contributed by atoms with E-state index in [1.165, 1.54) is 34.3 Å². The Balaban J connectivity index is 1.38. The van der Waals surface area contributed by atoms with Crippen LogP contribution < -0.4 is 24.4 Å². The van der Waals surface area contributed by atoms with Crippen molar-refractivity contribution in [2.45, 2.75) is 13.0 Å². The lowest BCUT2D eigenvalue weighted by molar-refractivity contribution is -0.138. The summed E-state index contributed by atoms with van der Waals surface area (Å²) in [5, 5.41) is 0. The fourth-order valence-corrected chi connectivity index (χ4v) is 5.87. The van der Waals surface area contributed by atoms with Gasteiger partial charge in [-0.05, 0) is 72.7 Å². The van der Waals surface area contributed by atoms with Crippen LogP contribution in [-0.4, -0.2) is 23.1 Å². The van der Waals surface area contributed by atoms with Gasteiger partial charge in [0.15, 0.2) is 4.80 Å². The maximum atomic E-state index is 14.0. The zero-order chi connectivity index (χ0) is 31.3. The van der Waals surface area contributed by atoms with Gasteiger partial charge in [0, 0.05) is 0 Å². The molecular weight excluding hydrogens is 592 g/mol. The molecule has 1 unspecified atom stereocenters. The van der Waals surface area contributed by atoms with Crippen molar-refractivity contribution in [3.8, 4) is 17.2 Å². The lowest BCUT2D eigenvalue weighted by Crippen LogP contribution is -2.39. The molecule has 3 aromatic carbocycles. The zero-order valence-electron chi connectivity index (χ0n) is 24.0. The lowest BCUT2D eigenvalue weighted by atomic mass is 9.96.